The monoisotopic (exact) mass is 273 g/mol. The molecule has 3 rings (SSSR count). The maximum atomic E-state index is 9.52. The quantitative estimate of drug-likeness (QED) is 0.929. The van der Waals surface area contributed by atoms with Crippen LogP contribution in [0.2, 0.25) is 0 Å². The molecule has 5 nitrogen and oxygen atoms in total. The van der Waals surface area contributed by atoms with Crippen LogP contribution in [0.1, 0.15) is 42.6 Å². The van der Waals surface area contributed by atoms with E-state index in [-0.39, 0.29) is 5.75 Å². The van der Waals surface area contributed by atoms with E-state index >= 15 is 0 Å². The molecule has 0 saturated heterocycles. The van der Waals surface area contributed by atoms with Gasteiger partial charge in [0.05, 0.1) is 17.6 Å². The fourth-order valence-corrected chi connectivity index (χ4v) is 2.88. The number of aromatic nitrogens is 3. The Morgan fingerprint density at radius 1 is 1.25 bits per heavy atom. The van der Waals surface area contributed by atoms with Gasteiger partial charge < -0.3 is 9.63 Å². The third-order valence-electron chi connectivity index (χ3n) is 4.11. The highest BCUT2D eigenvalue weighted by molar-refractivity contribution is 5.54. The van der Waals surface area contributed by atoms with Gasteiger partial charge in [-0.05, 0) is 26.2 Å². The lowest BCUT2D eigenvalue weighted by molar-refractivity contribution is 0.422. The summed E-state index contributed by atoms with van der Waals surface area (Å²) in [4.78, 5) is 8.46. The predicted octanol–water partition coefficient (Wildman–Crippen LogP) is 3.19. The molecule has 5 heteroatoms. The minimum absolute atomic E-state index is 0.0994. The maximum Gasteiger partial charge on any atom is 0.207 e. The van der Waals surface area contributed by atoms with Crippen LogP contribution in [0.3, 0.4) is 0 Å². The fraction of sp³-hybridized carbons (Fsp3) is 0.533. The summed E-state index contributed by atoms with van der Waals surface area (Å²) in [5.74, 6) is 1.97. The number of aryl methyl sites for hydroxylation is 2. The second-order valence-corrected chi connectivity index (χ2v) is 5.59. The van der Waals surface area contributed by atoms with Crippen molar-refractivity contribution in [2.45, 2.75) is 46.0 Å². The standard InChI is InChI=1S/C15H19N3O2/c1-9-12(7-11-5-3-4-6-11)14(20-18-9)15-16-8-13(19)10(2)17-15/h8,11,19H,3-7H2,1-2H3. The van der Waals surface area contributed by atoms with E-state index in [9.17, 15) is 5.11 Å². The van der Waals surface area contributed by atoms with Crippen LogP contribution in [0.15, 0.2) is 10.7 Å². The molecule has 1 N–H and O–H groups in total. The minimum atomic E-state index is 0.0994. The van der Waals surface area contributed by atoms with Crippen LogP contribution in [0.5, 0.6) is 5.75 Å². The van der Waals surface area contributed by atoms with Gasteiger partial charge in [-0.15, -0.1) is 0 Å². The molecule has 20 heavy (non-hydrogen) atoms. The van der Waals surface area contributed by atoms with Crippen LogP contribution in [-0.2, 0) is 6.42 Å². The molecule has 0 unspecified atom stereocenters. The molecule has 1 aliphatic carbocycles. The van der Waals surface area contributed by atoms with E-state index in [1.807, 2.05) is 6.92 Å². The zero-order chi connectivity index (χ0) is 14.1. The first-order chi connectivity index (χ1) is 9.65. The second kappa shape index (κ2) is 5.23. The molecule has 1 saturated carbocycles. The van der Waals surface area contributed by atoms with E-state index < -0.39 is 0 Å². The highest BCUT2D eigenvalue weighted by Gasteiger charge is 2.23. The van der Waals surface area contributed by atoms with Gasteiger partial charge in [-0.1, -0.05) is 30.8 Å². The van der Waals surface area contributed by atoms with Gasteiger partial charge in [0, 0.05) is 5.56 Å². The highest BCUT2D eigenvalue weighted by atomic mass is 16.5. The number of hydrogen-bond acceptors (Lipinski definition) is 5. The van der Waals surface area contributed by atoms with E-state index in [1.54, 1.807) is 6.92 Å². The van der Waals surface area contributed by atoms with Gasteiger partial charge >= 0.3 is 0 Å². The summed E-state index contributed by atoms with van der Waals surface area (Å²) in [5.41, 5.74) is 2.58. The lowest BCUT2D eigenvalue weighted by Gasteiger charge is -2.08. The molecule has 0 spiro atoms. The molecule has 2 heterocycles. The Morgan fingerprint density at radius 2 is 2.00 bits per heavy atom. The Balaban J connectivity index is 1.94. The molecule has 0 aromatic carbocycles. The summed E-state index contributed by atoms with van der Waals surface area (Å²) in [6.45, 7) is 3.71. The molecular formula is C15H19N3O2. The number of nitrogens with zero attached hydrogens (tertiary/aromatic N) is 3. The van der Waals surface area contributed by atoms with E-state index in [0.717, 1.165) is 17.7 Å². The maximum absolute atomic E-state index is 9.52. The molecule has 0 amide bonds. The van der Waals surface area contributed by atoms with Crippen molar-refractivity contribution in [3.63, 3.8) is 0 Å². The van der Waals surface area contributed by atoms with Crippen molar-refractivity contribution in [3.8, 4) is 17.3 Å². The molecule has 0 bridgehead atoms. The van der Waals surface area contributed by atoms with Crippen LogP contribution >= 0.6 is 0 Å². The predicted molar refractivity (Wildman–Crippen MR) is 74.3 cm³/mol. The van der Waals surface area contributed by atoms with Crippen molar-refractivity contribution in [2.75, 3.05) is 0 Å². The van der Waals surface area contributed by atoms with Crippen molar-refractivity contribution in [2.24, 2.45) is 5.92 Å². The van der Waals surface area contributed by atoms with Crippen molar-refractivity contribution >= 4 is 0 Å². The van der Waals surface area contributed by atoms with Gasteiger partial charge in [0.1, 0.15) is 0 Å². The summed E-state index contributed by atoms with van der Waals surface area (Å²) in [6, 6.07) is 0. The smallest absolute Gasteiger partial charge is 0.207 e. The summed E-state index contributed by atoms with van der Waals surface area (Å²) < 4.78 is 5.43. The molecular weight excluding hydrogens is 254 g/mol. The highest BCUT2D eigenvalue weighted by Crippen LogP contribution is 2.33. The molecule has 2 aromatic heterocycles. The lowest BCUT2D eigenvalue weighted by atomic mass is 9.96. The average Bonchev–Trinajstić information content (AvgIpc) is 3.05. The van der Waals surface area contributed by atoms with E-state index in [4.69, 9.17) is 4.52 Å². The van der Waals surface area contributed by atoms with Crippen molar-refractivity contribution in [1.29, 1.82) is 0 Å². The number of aromatic hydroxyl groups is 1. The average molecular weight is 273 g/mol. The largest absolute Gasteiger partial charge is 0.504 e. The molecule has 106 valence electrons. The fourth-order valence-electron chi connectivity index (χ4n) is 2.88. The zero-order valence-electron chi connectivity index (χ0n) is 11.9. The SMILES string of the molecule is Cc1nc(-c2onc(C)c2CC2CCCC2)ncc1O. The molecule has 0 atom stereocenters. The Bertz CT molecular complexity index is 616. The second-order valence-electron chi connectivity index (χ2n) is 5.59. The summed E-state index contributed by atoms with van der Waals surface area (Å²) in [6.07, 6.45) is 7.58. The third kappa shape index (κ3) is 2.40. The first-order valence-electron chi connectivity index (χ1n) is 7.13. The van der Waals surface area contributed by atoms with Gasteiger partial charge in [-0.2, -0.15) is 0 Å². The van der Waals surface area contributed by atoms with Crippen LogP contribution in [0, 0.1) is 19.8 Å². The molecule has 0 aliphatic heterocycles. The normalized spacial score (nSPS) is 15.9. The van der Waals surface area contributed by atoms with Gasteiger partial charge in [-0.25, -0.2) is 9.97 Å². The van der Waals surface area contributed by atoms with Gasteiger partial charge in [0.25, 0.3) is 0 Å². The van der Waals surface area contributed by atoms with Gasteiger partial charge in [0.15, 0.2) is 11.6 Å². The summed E-state index contributed by atoms with van der Waals surface area (Å²) in [7, 11) is 0. The summed E-state index contributed by atoms with van der Waals surface area (Å²) >= 11 is 0. The molecule has 1 aliphatic rings. The third-order valence-corrected chi connectivity index (χ3v) is 4.11. The first kappa shape index (κ1) is 13.1. The summed E-state index contributed by atoms with van der Waals surface area (Å²) in [5, 5.41) is 13.6. The van der Waals surface area contributed by atoms with Crippen LogP contribution < -0.4 is 0 Å². The first-order valence-corrected chi connectivity index (χ1v) is 7.13. The van der Waals surface area contributed by atoms with Gasteiger partial charge in [0.2, 0.25) is 5.76 Å². The molecule has 2 aromatic rings. The zero-order valence-corrected chi connectivity index (χ0v) is 11.9. The number of rotatable bonds is 3. The van der Waals surface area contributed by atoms with Crippen LogP contribution in [-0.4, -0.2) is 20.2 Å². The van der Waals surface area contributed by atoms with E-state index in [2.05, 4.69) is 15.1 Å². The molecule has 1 fully saturated rings. The lowest BCUT2D eigenvalue weighted by Crippen LogP contribution is -2.02. The van der Waals surface area contributed by atoms with E-state index in [1.165, 1.54) is 31.9 Å². The topological polar surface area (TPSA) is 72.0 Å². The Hall–Kier alpha value is -1.91. The minimum Gasteiger partial charge on any atom is -0.504 e. The molecule has 0 radical (unpaired) electrons. The van der Waals surface area contributed by atoms with Crippen molar-refractivity contribution < 1.29 is 9.63 Å². The number of hydrogen-bond donors (Lipinski definition) is 1. The van der Waals surface area contributed by atoms with Crippen molar-refractivity contribution in [1.82, 2.24) is 15.1 Å². The Morgan fingerprint density at radius 3 is 2.70 bits per heavy atom. The van der Waals surface area contributed by atoms with Crippen LogP contribution in [0.4, 0.5) is 0 Å². The van der Waals surface area contributed by atoms with E-state index in [0.29, 0.717) is 23.2 Å². The Labute approximate surface area is 118 Å². The van der Waals surface area contributed by atoms with Gasteiger partial charge in [-0.3, -0.25) is 0 Å². The Kier molecular flexibility index (Phi) is 3.42. The van der Waals surface area contributed by atoms with Crippen LogP contribution in [0.25, 0.3) is 11.6 Å². The van der Waals surface area contributed by atoms with Crippen molar-refractivity contribution in [3.05, 3.63) is 23.1 Å².